The molecule has 0 heterocycles. The Morgan fingerprint density at radius 2 is 1.40 bits per heavy atom. The van der Waals surface area contributed by atoms with E-state index in [1.807, 2.05) is 0 Å². The number of nitrogens with two attached hydrogens (primary N) is 1. The van der Waals surface area contributed by atoms with Crippen LogP contribution in [-0.4, -0.2) is 6.54 Å². The van der Waals surface area contributed by atoms with Crippen LogP contribution in [-0.2, 0) is 27.3 Å². The zero-order valence-electron chi connectivity index (χ0n) is 7.23. The van der Waals surface area contributed by atoms with E-state index in [0.29, 0.717) is 0 Å². The van der Waals surface area contributed by atoms with Gasteiger partial charge in [-0.25, -0.2) is 0 Å². The van der Waals surface area contributed by atoms with Gasteiger partial charge in [-0.05, 0) is 13.0 Å². The van der Waals surface area contributed by atoms with Crippen LogP contribution in [0, 0.1) is 0 Å². The summed E-state index contributed by atoms with van der Waals surface area (Å²) in [6.07, 6.45) is 8.05. The van der Waals surface area contributed by atoms with Crippen LogP contribution >= 0.6 is 0 Å². The second-order valence-electron chi connectivity index (χ2n) is 2.56. The molecule has 0 aliphatic carbocycles. The Morgan fingerprint density at radius 1 is 0.900 bits per heavy atom. The first-order valence-corrected chi connectivity index (χ1v) is 4.12. The predicted molar refractivity (Wildman–Crippen MR) is 42.4 cm³/mol. The summed E-state index contributed by atoms with van der Waals surface area (Å²) < 4.78 is 0. The van der Waals surface area contributed by atoms with E-state index in [0.717, 1.165) is 6.54 Å². The Bertz CT molecular complexity index is 42.5. The van der Waals surface area contributed by atoms with Gasteiger partial charge >= 0.3 is 0 Å². The molecule has 0 aromatic heterocycles. The molecule has 0 rings (SSSR count). The summed E-state index contributed by atoms with van der Waals surface area (Å²) in [4.78, 5) is 0. The van der Waals surface area contributed by atoms with Crippen LogP contribution in [0.3, 0.4) is 0 Å². The van der Waals surface area contributed by atoms with Gasteiger partial charge in [-0.3, -0.25) is 0 Å². The Kier molecular flexibility index (Phi) is 16.9. The summed E-state index contributed by atoms with van der Waals surface area (Å²) in [5.74, 6) is 0. The largest absolute Gasteiger partial charge is 0.330 e. The summed E-state index contributed by atoms with van der Waals surface area (Å²) in [5, 5.41) is 0. The first-order valence-electron chi connectivity index (χ1n) is 4.12. The van der Waals surface area contributed by atoms with Crippen molar-refractivity contribution in [3.8, 4) is 0 Å². The van der Waals surface area contributed by atoms with Crippen molar-refractivity contribution in [2.75, 3.05) is 6.54 Å². The third kappa shape index (κ3) is 11.7. The molecule has 0 unspecified atom stereocenters. The molecule has 0 saturated carbocycles. The quantitative estimate of drug-likeness (QED) is 0.561. The zero-order valence-corrected chi connectivity index (χ0v) is 11.3. The number of unbranched alkanes of at least 4 members (excludes halogenated alkanes) is 5. The van der Waals surface area contributed by atoms with E-state index in [9.17, 15) is 0 Å². The Morgan fingerprint density at radius 3 is 1.90 bits per heavy atom. The van der Waals surface area contributed by atoms with Gasteiger partial charge in [-0.2, -0.15) is 0 Å². The average molecular weight is 242 g/mol. The molecule has 0 amide bonds. The molecular weight excluding hydrogens is 223 g/mol. The first-order chi connectivity index (χ1) is 4.41. The van der Waals surface area contributed by atoms with Crippen molar-refractivity contribution >= 4 is 0 Å². The van der Waals surface area contributed by atoms with Gasteiger partial charge in [0, 0.05) is 27.3 Å². The first kappa shape index (κ1) is 13.5. The van der Waals surface area contributed by atoms with Gasteiger partial charge < -0.3 is 5.73 Å². The van der Waals surface area contributed by atoms with Gasteiger partial charge in [0.25, 0.3) is 0 Å². The summed E-state index contributed by atoms with van der Waals surface area (Å²) in [6.45, 7) is 3.11. The summed E-state index contributed by atoms with van der Waals surface area (Å²) in [7, 11) is 0. The second-order valence-corrected chi connectivity index (χ2v) is 2.56. The fraction of sp³-hybridized carbons (Fsp3) is 1.00. The number of rotatable bonds is 6. The smallest absolute Gasteiger partial charge is 0 e. The number of hydrogen-bond donors (Lipinski definition) is 1. The molecule has 0 aromatic rings. The Labute approximate surface area is 84.9 Å². The number of hydrogen-bond acceptors (Lipinski definition) is 1. The van der Waals surface area contributed by atoms with Gasteiger partial charge in [0.05, 0.1) is 0 Å². The summed E-state index contributed by atoms with van der Waals surface area (Å²) in [5.41, 5.74) is 5.34. The monoisotopic (exact) mass is 243 g/mol. The van der Waals surface area contributed by atoms with Gasteiger partial charge in [0.15, 0.2) is 0 Å². The SMILES string of the molecule is CCCCCCCCN.[Cd]. The van der Waals surface area contributed by atoms with E-state index in [4.69, 9.17) is 5.73 Å². The minimum atomic E-state index is 0. The van der Waals surface area contributed by atoms with Crippen molar-refractivity contribution in [3.63, 3.8) is 0 Å². The molecule has 58 valence electrons. The van der Waals surface area contributed by atoms with Crippen LogP contribution in [0.2, 0.25) is 0 Å². The summed E-state index contributed by atoms with van der Waals surface area (Å²) in [6, 6.07) is 0. The molecule has 0 fully saturated rings. The Balaban J connectivity index is 0. The van der Waals surface area contributed by atoms with Crippen molar-refractivity contribution in [1.29, 1.82) is 0 Å². The van der Waals surface area contributed by atoms with Crippen molar-refractivity contribution < 1.29 is 27.3 Å². The van der Waals surface area contributed by atoms with E-state index < -0.39 is 0 Å². The van der Waals surface area contributed by atoms with Crippen LogP contribution in [0.4, 0.5) is 0 Å². The molecule has 0 aromatic carbocycles. The molecule has 0 aliphatic heterocycles. The van der Waals surface area contributed by atoms with Crippen molar-refractivity contribution in [1.82, 2.24) is 0 Å². The molecule has 0 bridgehead atoms. The molecular formula is C8H19CdN. The van der Waals surface area contributed by atoms with Crippen molar-refractivity contribution in [2.24, 2.45) is 5.73 Å². The molecule has 2 N–H and O–H groups in total. The van der Waals surface area contributed by atoms with Crippen LogP contribution in [0.1, 0.15) is 45.4 Å². The third-order valence-corrected chi connectivity index (χ3v) is 1.56. The molecule has 2 heteroatoms. The second kappa shape index (κ2) is 12.5. The van der Waals surface area contributed by atoms with E-state index >= 15 is 0 Å². The zero-order chi connectivity index (χ0) is 6.95. The van der Waals surface area contributed by atoms with E-state index in [2.05, 4.69) is 6.92 Å². The van der Waals surface area contributed by atoms with Crippen LogP contribution in [0.25, 0.3) is 0 Å². The normalized spacial score (nSPS) is 9.00. The average Bonchev–Trinajstić information content (AvgIpc) is 1.89. The maximum atomic E-state index is 5.34. The predicted octanol–water partition coefficient (Wildman–Crippen LogP) is 2.30. The topological polar surface area (TPSA) is 26.0 Å². The van der Waals surface area contributed by atoms with Crippen LogP contribution in [0.15, 0.2) is 0 Å². The van der Waals surface area contributed by atoms with Crippen molar-refractivity contribution in [3.05, 3.63) is 0 Å². The van der Waals surface area contributed by atoms with Gasteiger partial charge in [-0.1, -0.05) is 39.0 Å². The summed E-state index contributed by atoms with van der Waals surface area (Å²) >= 11 is 0. The van der Waals surface area contributed by atoms with Gasteiger partial charge in [-0.15, -0.1) is 0 Å². The molecule has 0 spiro atoms. The van der Waals surface area contributed by atoms with E-state index in [-0.39, 0.29) is 27.3 Å². The molecule has 0 saturated heterocycles. The fourth-order valence-corrected chi connectivity index (χ4v) is 0.925. The standard InChI is InChI=1S/C8H19N.Cd/c1-2-3-4-5-6-7-8-9;/h2-9H2,1H3;. The van der Waals surface area contributed by atoms with Gasteiger partial charge in [0.2, 0.25) is 0 Å². The third-order valence-electron chi connectivity index (χ3n) is 1.56. The molecule has 0 atom stereocenters. The van der Waals surface area contributed by atoms with Gasteiger partial charge in [0.1, 0.15) is 0 Å². The fourth-order valence-electron chi connectivity index (χ4n) is 0.925. The van der Waals surface area contributed by atoms with Crippen molar-refractivity contribution in [2.45, 2.75) is 45.4 Å². The van der Waals surface area contributed by atoms with E-state index in [1.54, 1.807) is 0 Å². The molecule has 1 nitrogen and oxygen atoms in total. The molecule has 0 radical (unpaired) electrons. The van der Waals surface area contributed by atoms with Crippen LogP contribution < -0.4 is 5.73 Å². The minimum Gasteiger partial charge on any atom is -0.330 e. The minimum absolute atomic E-state index is 0. The molecule has 10 heavy (non-hydrogen) atoms. The molecule has 0 aliphatic rings. The van der Waals surface area contributed by atoms with Crippen LogP contribution in [0.5, 0.6) is 0 Å². The van der Waals surface area contributed by atoms with E-state index in [1.165, 1.54) is 38.5 Å². The maximum absolute atomic E-state index is 5.34. The maximum Gasteiger partial charge on any atom is 0 e. The Hall–Kier alpha value is 0.882.